The van der Waals surface area contributed by atoms with Crippen LogP contribution in [0.3, 0.4) is 0 Å². The van der Waals surface area contributed by atoms with Crippen molar-refractivity contribution in [3.05, 3.63) is 55.3 Å². The summed E-state index contributed by atoms with van der Waals surface area (Å²) in [4.78, 5) is 24.9. The summed E-state index contributed by atoms with van der Waals surface area (Å²) in [5.41, 5.74) is 0.216. The number of nitriles is 1. The van der Waals surface area contributed by atoms with Crippen LogP contribution in [0.15, 0.2) is 30.5 Å². The Morgan fingerprint density at radius 3 is 2.71 bits per heavy atom. The molecule has 1 aromatic carbocycles. The Balaban J connectivity index is 2.45. The summed E-state index contributed by atoms with van der Waals surface area (Å²) in [5, 5.41) is 19.9. The minimum atomic E-state index is -0.627. The van der Waals surface area contributed by atoms with Gasteiger partial charge < -0.3 is 4.74 Å². The summed E-state index contributed by atoms with van der Waals surface area (Å²) >= 11 is 1.84. The quantitative estimate of drug-likeness (QED) is 0.341. The van der Waals surface area contributed by atoms with Crippen LogP contribution >= 0.6 is 22.6 Å². The maximum absolute atomic E-state index is 11.1. The van der Waals surface area contributed by atoms with E-state index in [4.69, 9.17) is 10.00 Å². The molecule has 1 aromatic heterocycles. The second-order valence-electron chi connectivity index (χ2n) is 3.82. The fourth-order valence-electron chi connectivity index (χ4n) is 1.51. The minimum Gasteiger partial charge on any atom is -0.431 e. The van der Waals surface area contributed by atoms with Gasteiger partial charge in [0, 0.05) is 23.9 Å². The van der Waals surface area contributed by atoms with Crippen LogP contribution in [0.1, 0.15) is 15.9 Å². The predicted molar refractivity (Wildman–Crippen MR) is 80.2 cm³/mol. The van der Waals surface area contributed by atoms with Gasteiger partial charge in [-0.2, -0.15) is 5.26 Å². The van der Waals surface area contributed by atoms with Crippen molar-refractivity contribution in [2.45, 2.75) is 0 Å². The Morgan fingerprint density at radius 1 is 1.43 bits per heavy atom. The Hall–Kier alpha value is -2.54. The standard InChI is InChI=1S/C13H6IN3O4/c14-10-3-9(5-15)4-11(17(19)20)13(10)21-12-2-1-8(7-18)6-16-12/h1-4,6-7H. The zero-order chi connectivity index (χ0) is 15.4. The third-order valence-corrected chi connectivity index (χ3v) is 3.25. The fourth-order valence-corrected chi connectivity index (χ4v) is 2.23. The lowest BCUT2D eigenvalue weighted by atomic mass is 10.2. The van der Waals surface area contributed by atoms with E-state index in [1.807, 2.05) is 28.7 Å². The molecule has 0 radical (unpaired) electrons. The van der Waals surface area contributed by atoms with E-state index in [0.717, 1.165) is 6.07 Å². The molecule has 7 nitrogen and oxygen atoms in total. The van der Waals surface area contributed by atoms with E-state index in [9.17, 15) is 14.9 Å². The number of hydrogen-bond donors (Lipinski definition) is 0. The van der Waals surface area contributed by atoms with Crippen molar-refractivity contribution in [1.29, 1.82) is 5.26 Å². The summed E-state index contributed by atoms with van der Waals surface area (Å²) < 4.78 is 5.83. The van der Waals surface area contributed by atoms with E-state index in [1.165, 1.54) is 24.4 Å². The minimum absolute atomic E-state index is 0.00551. The molecule has 0 unspecified atom stereocenters. The highest BCUT2D eigenvalue weighted by molar-refractivity contribution is 14.1. The summed E-state index contributed by atoms with van der Waals surface area (Å²) in [6, 6.07) is 7.38. The second kappa shape index (κ2) is 6.27. The number of nitrogens with zero attached hydrogens (tertiary/aromatic N) is 3. The molecule has 0 saturated heterocycles. The lowest BCUT2D eigenvalue weighted by Crippen LogP contribution is -1.98. The zero-order valence-corrected chi connectivity index (χ0v) is 12.5. The summed E-state index contributed by atoms with van der Waals surface area (Å²) in [6.07, 6.45) is 1.93. The molecule has 0 bridgehead atoms. The molecule has 0 spiro atoms. The number of nitro benzene ring substituents is 1. The molecule has 0 aliphatic carbocycles. The highest BCUT2D eigenvalue weighted by Crippen LogP contribution is 2.36. The third kappa shape index (κ3) is 3.32. The van der Waals surface area contributed by atoms with E-state index in [-0.39, 0.29) is 22.9 Å². The number of nitro groups is 1. The highest BCUT2D eigenvalue weighted by atomic mass is 127. The van der Waals surface area contributed by atoms with Gasteiger partial charge in [0.25, 0.3) is 0 Å². The van der Waals surface area contributed by atoms with Gasteiger partial charge in [0.15, 0.2) is 6.29 Å². The molecule has 8 heteroatoms. The lowest BCUT2D eigenvalue weighted by Gasteiger charge is -2.08. The van der Waals surface area contributed by atoms with Crippen LogP contribution in [0.4, 0.5) is 5.69 Å². The van der Waals surface area contributed by atoms with Gasteiger partial charge in [0.2, 0.25) is 11.6 Å². The number of benzene rings is 1. The van der Waals surface area contributed by atoms with Crippen LogP contribution in [0.2, 0.25) is 0 Å². The average Bonchev–Trinajstić information content (AvgIpc) is 2.49. The number of carbonyl (C=O) groups is 1. The number of ether oxygens (including phenoxy) is 1. The van der Waals surface area contributed by atoms with Crippen LogP contribution < -0.4 is 4.74 Å². The number of aldehydes is 1. The van der Waals surface area contributed by atoms with Gasteiger partial charge in [-0.1, -0.05) is 0 Å². The topological polar surface area (TPSA) is 106 Å². The van der Waals surface area contributed by atoms with Crippen molar-refractivity contribution in [1.82, 2.24) is 4.98 Å². The predicted octanol–water partition coefficient (Wildman–Crippen LogP) is 3.07. The first-order valence-electron chi connectivity index (χ1n) is 5.52. The SMILES string of the molecule is N#Cc1cc(I)c(Oc2ccc(C=O)cn2)c([N+](=O)[O-])c1. The van der Waals surface area contributed by atoms with Gasteiger partial charge in [-0.25, -0.2) is 4.98 Å². The molecule has 0 saturated carbocycles. The lowest BCUT2D eigenvalue weighted by molar-refractivity contribution is -0.385. The third-order valence-electron chi connectivity index (χ3n) is 2.45. The van der Waals surface area contributed by atoms with Crippen molar-refractivity contribution in [2.75, 3.05) is 0 Å². The van der Waals surface area contributed by atoms with Crippen molar-refractivity contribution < 1.29 is 14.5 Å². The highest BCUT2D eigenvalue weighted by Gasteiger charge is 2.21. The second-order valence-corrected chi connectivity index (χ2v) is 4.99. The Bertz CT molecular complexity index is 753. The van der Waals surface area contributed by atoms with Crippen LogP contribution in [-0.2, 0) is 0 Å². The first-order valence-corrected chi connectivity index (χ1v) is 6.60. The van der Waals surface area contributed by atoms with Crippen LogP contribution in [-0.4, -0.2) is 16.2 Å². The number of hydrogen-bond acceptors (Lipinski definition) is 6. The van der Waals surface area contributed by atoms with Crippen LogP contribution in [0, 0.1) is 25.0 Å². The molecule has 0 amide bonds. The van der Waals surface area contributed by atoms with Crippen molar-refractivity contribution in [3.8, 4) is 17.7 Å². The molecule has 0 fully saturated rings. The molecular formula is C13H6IN3O4. The summed E-state index contributed by atoms with van der Waals surface area (Å²) in [6.45, 7) is 0. The van der Waals surface area contributed by atoms with Crippen molar-refractivity contribution in [3.63, 3.8) is 0 Å². The molecular weight excluding hydrogens is 389 g/mol. The molecule has 104 valence electrons. The number of rotatable bonds is 4. The largest absolute Gasteiger partial charge is 0.431 e. The average molecular weight is 395 g/mol. The van der Waals surface area contributed by atoms with Crippen molar-refractivity contribution in [2.24, 2.45) is 0 Å². The summed E-state index contributed by atoms with van der Waals surface area (Å²) in [5.74, 6) is 0.122. The Labute approximate surface area is 132 Å². The molecule has 2 aromatic rings. The van der Waals surface area contributed by atoms with Crippen molar-refractivity contribution >= 4 is 34.6 Å². The monoisotopic (exact) mass is 395 g/mol. The van der Waals surface area contributed by atoms with Gasteiger partial charge in [0.05, 0.1) is 20.1 Å². The normalized spacial score (nSPS) is 9.71. The Kier molecular flexibility index (Phi) is 4.44. The first kappa shape index (κ1) is 14.9. The number of aromatic nitrogens is 1. The van der Waals surface area contributed by atoms with Gasteiger partial charge in [-0.3, -0.25) is 14.9 Å². The van der Waals surface area contributed by atoms with Gasteiger partial charge in [0.1, 0.15) is 0 Å². The molecule has 0 aliphatic rings. The fraction of sp³-hybridized carbons (Fsp3) is 0. The maximum Gasteiger partial charge on any atom is 0.314 e. The molecule has 0 aliphatic heterocycles. The van der Waals surface area contributed by atoms with E-state index >= 15 is 0 Å². The van der Waals surface area contributed by atoms with Crippen LogP contribution in [0.25, 0.3) is 0 Å². The molecule has 0 atom stereocenters. The maximum atomic E-state index is 11.1. The number of pyridine rings is 1. The number of carbonyl (C=O) groups excluding carboxylic acids is 1. The zero-order valence-electron chi connectivity index (χ0n) is 10.3. The summed E-state index contributed by atoms with van der Waals surface area (Å²) in [7, 11) is 0. The van der Waals surface area contributed by atoms with E-state index in [2.05, 4.69) is 4.98 Å². The molecule has 2 rings (SSSR count). The molecule has 0 N–H and O–H groups in total. The molecule has 21 heavy (non-hydrogen) atoms. The van der Waals surface area contributed by atoms with Gasteiger partial charge in [-0.05, 0) is 34.7 Å². The van der Waals surface area contributed by atoms with Gasteiger partial charge >= 0.3 is 5.69 Å². The van der Waals surface area contributed by atoms with Crippen LogP contribution in [0.5, 0.6) is 11.6 Å². The van der Waals surface area contributed by atoms with E-state index in [0.29, 0.717) is 15.4 Å². The van der Waals surface area contributed by atoms with Gasteiger partial charge in [-0.15, -0.1) is 0 Å². The van der Waals surface area contributed by atoms with E-state index < -0.39 is 4.92 Å². The molecule has 1 heterocycles. The first-order chi connectivity index (χ1) is 10.0. The smallest absolute Gasteiger partial charge is 0.314 e. The Morgan fingerprint density at radius 2 is 2.19 bits per heavy atom. The van der Waals surface area contributed by atoms with E-state index in [1.54, 1.807) is 0 Å². The number of halogens is 1.